The van der Waals surface area contributed by atoms with Gasteiger partial charge in [-0.15, -0.1) is 13.2 Å². The number of amides is 2. The zero-order valence-corrected chi connectivity index (χ0v) is 20.4. The van der Waals surface area contributed by atoms with Gasteiger partial charge in [-0.1, -0.05) is 33.4 Å². The summed E-state index contributed by atoms with van der Waals surface area (Å²) in [4.78, 5) is 37.0. The molecule has 30 heavy (non-hydrogen) atoms. The average Bonchev–Trinajstić information content (AvgIpc) is 3.09. The molecule has 1 N–H and O–H groups in total. The number of hydrogen-bond donors (Lipinski definition) is 1. The van der Waals surface area contributed by atoms with Gasteiger partial charge in [0.05, 0.1) is 15.8 Å². The van der Waals surface area contributed by atoms with E-state index in [0.29, 0.717) is 25.1 Å². The first-order valence-corrected chi connectivity index (χ1v) is 12.9. The Labute approximate surface area is 198 Å². The Hall–Kier alpha value is -1.39. The van der Waals surface area contributed by atoms with Gasteiger partial charge < -0.3 is 19.2 Å². The van der Waals surface area contributed by atoms with E-state index in [9.17, 15) is 14.4 Å². The van der Waals surface area contributed by atoms with Crippen LogP contribution in [0.15, 0.2) is 31.4 Å². The predicted octanol–water partition coefficient (Wildman–Crippen LogP) is 5.15. The summed E-state index contributed by atoms with van der Waals surface area (Å²) in [5.41, 5.74) is 2.73. The largest absolute Gasteiger partial charge is 0.357 e. The molecule has 1 atom stereocenters. The van der Waals surface area contributed by atoms with Crippen LogP contribution in [0.5, 0.6) is 0 Å². The quantitative estimate of drug-likeness (QED) is 0.143. The topological polar surface area (TPSA) is 75.7 Å². The lowest BCUT2D eigenvalue weighted by atomic mass is 10.0. The van der Waals surface area contributed by atoms with Crippen molar-refractivity contribution < 1.29 is 18.6 Å². The number of nitrogens with one attached hydrogen (secondary N) is 1. The Balaban J connectivity index is 0. The Morgan fingerprint density at radius 2 is 2.07 bits per heavy atom. The van der Waals surface area contributed by atoms with Gasteiger partial charge in [0.15, 0.2) is 0 Å². The van der Waals surface area contributed by atoms with E-state index in [1.807, 2.05) is 32.0 Å². The second-order valence-corrected chi connectivity index (χ2v) is 7.23. The van der Waals surface area contributed by atoms with Gasteiger partial charge in [0.1, 0.15) is 12.3 Å². The summed E-state index contributed by atoms with van der Waals surface area (Å²) in [5.74, 6) is -0.387. The summed E-state index contributed by atoms with van der Waals surface area (Å²) in [6.07, 6.45) is 3.15. The van der Waals surface area contributed by atoms with Crippen molar-refractivity contribution in [1.29, 1.82) is 0 Å². The van der Waals surface area contributed by atoms with Gasteiger partial charge in [0.25, 0.3) is 5.91 Å². The van der Waals surface area contributed by atoms with E-state index in [-0.39, 0.29) is 25.7 Å². The molecule has 6 nitrogen and oxygen atoms in total. The third kappa shape index (κ3) is 9.18. The zero-order valence-electron chi connectivity index (χ0n) is 17.4. The molecule has 1 aliphatic rings. The molecule has 0 bridgehead atoms. The molecule has 1 aromatic rings. The van der Waals surface area contributed by atoms with Crippen LogP contribution in [0.2, 0.25) is 0 Å². The first-order chi connectivity index (χ1) is 14.1. The van der Waals surface area contributed by atoms with Crippen LogP contribution in [0.4, 0.5) is 0 Å². The minimum atomic E-state index is -0.618. The van der Waals surface area contributed by atoms with Crippen LogP contribution >= 0.6 is 30.4 Å². The van der Waals surface area contributed by atoms with Crippen LogP contribution in [0, 0.1) is 0 Å². The number of aldehydes is 1. The van der Waals surface area contributed by atoms with Gasteiger partial charge in [0, 0.05) is 46.8 Å². The molecule has 0 radical (unpaired) electrons. The lowest BCUT2D eigenvalue weighted by Gasteiger charge is -2.25. The summed E-state index contributed by atoms with van der Waals surface area (Å²) in [6, 6.07) is 5.21. The number of likely N-dealkylation sites (N-methyl/N-ethyl adjacent to an activating group) is 1. The number of hydrogen-bond acceptors (Lipinski definition) is 5. The molecular formula is C22H35IN2O4S. The number of nitrogens with zero attached hydrogens (tertiary/aromatic N) is 1. The van der Waals surface area contributed by atoms with Crippen molar-refractivity contribution in [3.63, 3.8) is 0 Å². The van der Waals surface area contributed by atoms with Crippen molar-refractivity contribution in [2.75, 3.05) is 13.7 Å². The molecule has 0 fully saturated rings. The molecule has 1 aliphatic heterocycles. The van der Waals surface area contributed by atoms with Crippen molar-refractivity contribution in [3.8, 4) is 0 Å². The van der Waals surface area contributed by atoms with Gasteiger partial charge >= 0.3 is 0 Å². The number of carbonyl (C=O) groups excluding carboxylic acids is 3. The van der Waals surface area contributed by atoms with Crippen LogP contribution in [0.3, 0.4) is 0 Å². The Morgan fingerprint density at radius 1 is 1.40 bits per heavy atom. The first-order valence-electron chi connectivity index (χ1n) is 9.60. The standard InChI is InChI=1S/C17H21IN2O4S.C2H6.C2H4.CH4/c1-19-16(22)15(5-2-8-21)20-11-13-10-12(4-3-9-24-25-18)6-7-14(13)17(20)23;2*1-2;/h6-8,10,15H,2-5,9,11H2,1H3,(H,19,22);1-2H3;1-2H2;1H4. The van der Waals surface area contributed by atoms with Gasteiger partial charge in [-0.2, -0.15) is 0 Å². The molecule has 1 aromatic carbocycles. The van der Waals surface area contributed by atoms with Crippen molar-refractivity contribution in [3.05, 3.63) is 48.0 Å². The lowest BCUT2D eigenvalue weighted by molar-refractivity contribution is -0.125. The van der Waals surface area contributed by atoms with Crippen molar-refractivity contribution >= 4 is 48.5 Å². The zero-order chi connectivity index (χ0) is 22.2. The van der Waals surface area contributed by atoms with E-state index >= 15 is 0 Å². The van der Waals surface area contributed by atoms with E-state index < -0.39 is 6.04 Å². The molecule has 1 heterocycles. The van der Waals surface area contributed by atoms with E-state index in [4.69, 9.17) is 4.18 Å². The SMILES string of the molecule is C.C=C.CC.CNC(=O)C(CCC=O)N1Cc2cc(CCCOSI)ccc2C1=O. The molecular weight excluding hydrogens is 515 g/mol. The summed E-state index contributed by atoms with van der Waals surface area (Å²) in [5, 5.41) is 2.58. The first kappa shape index (κ1) is 30.8. The number of fused-ring (bicyclic) bond motifs is 1. The molecule has 1 unspecified atom stereocenters. The number of benzene rings is 1. The van der Waals surface area contributed by atoms with Crippen molar-refractivity contribution in [1.82, 2.24) is 10.2 Å². The highest BCUT2D eigenvalue weighted by Crippen LogP contribution is 2.27. The molecule has 0 aromatic heterocycles. The van der Waals surface area contributed by atoms with E-state index in [1.54, 1.807) is 4.90 Å². The summed E-state index contributed by atoms with van der Waals surface area (Å²) in [7, 11) is 2.87. The average molecular weight is 551 g/mol. The second-order valence-electron chi connectivity index (χ2n) is 5.79. The Kier molecular flexibility index (Phi) is 18.9. The molecule has 0 saturated carbocycles. The molecule has 0 saturated heterocycles. The number of aryl methyl sites for hydroxylation is 1. The molecule has 8 heteroatoms. The molecule has 0 spiro atoms. The monoisotopic (exact) mass is 550 g/mol. The minimum Gasteiger partial charge on any atom is -0.357 e. The van der Waals surface area contributed by atoms with Crippen LogP contribution < -0.4 is 5.32 Å². The lowest BCUT2D eigenvalue weighted by Crippen LogP contribution is -2.46. The fourth-order valence-corrected chi connectivity index (χ4v) is 3.71. The van der Waals surface area contributed by atoms with E-state index in [2.05, 4.69) is 39.7 Å². The van der Waals surface area contributed by atoms with E-state index in [0.717, 1.165) is 30.3 Å². The highest BCUT2D eigenvalue weighted by Gasteiger charge is 2.35. The second kappa shape index (κ2) is 18.4. The highest BCUT2D eigenvalue weighted by atomic mass is 127. The molecule has 2 amide bonds. The number of rotatable bonds is 10. The third-order valence-corrected chi connectivity index (χ3v) is 5.24. The summed E-state index contributed by atoms with van der Waals surface area (Å²) < 4.78 is 5.26. The predicted molar refractivity (Wildman–Crippen MR) is 135 cm³/mol. The minimum absolute atomic E-state index is 0. The number of halogens is 1. The number of carbonyl (C=O) groups is 3. The third-order valence-electron chi connectivity index (χ3n) is 4.22. The van der Waals surface area contributed by atoms with Crippen LogP contribution in [0.1, 0.15) is 62.0 Å². The highest BCUT2D eigenvalue weighted by molar-refractivity contribution is 14.2. The van der Waals surface area contributed by atoms with E-state index in [1.165, 1.54) is 16.3 Å². The maximum atomic E-state index is 12.7. The smallest absolute Gasteiger partial charge is 0.255 e. The fourth-order valence-electron chi connectivity index (χ4n) is 2.99. The Morgan fingerprint density at radius 3 is 2.63 bits per heavy atom. The maximum absolute atomic E-state index is 12.7. The van der Waals surface area contributed by atoms with Crippen LogP contribution in [0.25, 0.3) is 0 Å². The molecule has 0 aliphatic carbocycles. The van der Waals surface area contributed by atoms with Crippen LogP contribution in [-0.4, -0.2) is 42.7 Å². The maximum Gasteiger partial charge on any atom is 0.255 e. The molecule has 2 rings (SSSR count). The van der Waals surface area contributed by atoms with Crippen molar-refractivity contribution in [2.45, 2.75) is 59.5 Å². The summed E-state index contributed by atoms with van der Waals surface area (Å²) >= 11 is 2.09. The normalized spacial score (nSPS) is 12.3. The fraction of sp³-hybridized carbons (Fsp3) is 0.500. The van der Waals surface area contributed by atoms with Gasteiger partial charge in [0.2, 0.25) is 5.91 Å². The molecule has 170 valence electrons. The van der Waals surface area contributed by atoms with Gasteiger partial charge in [-0.3, -0.25) is 9.59 Å². The Bertz CT molecular complexity index is 658. The van der Waals surface area contributed by atoms with Gasteiger partial charge in [-0.05, 0) is 36.5 Å². The van der Waals surface area contributed by atoms with Crippen molar-refractivity contribution in [2.24, 2.45) is 0 Å². The summed E-state index contributed by atoms with van der Waals surface area (Å²) in [6.45, 7) is 11.1. The van der Waals surface area contributed by atoms with Crippen LogP contribution in [-0.2, 0) is 26.7 Å². The van der Waals surface area contributed by atoms with Gasteiger partial charge in [-0.25, -0.2) is 0 Å².